The van der Waals surface area contributed by atoms with Gasteiger partial charge in [-0.15, -0.1) is 0 Å². The first-order chi connectivity index (χ1) is 15.9. The van der Waals surface area contributed by atoms with Crippen molar-refractivity contribution in [2.75, 3.05) is 0 Å². The highest BCUT2D eigenvalue weighted by atomic mass is 35.7. The molecule has 0 bridgehead atoms. The molecule has 2 atom stereocenters. The van der Waals surface area contributed by atoms with Gasteiger partial charge >= 0.3 is 0 Å². The van der Waals surface area contributed by atoms with E-state index in [-0.39, 0.29) is 29.0 Å². The van der Waals surface area contributed by atoms with Crippen molar-refractivity contribution >= 4 is 32.2 Å². The van der Waals surface area contributed by atoms with Gasteiger partial charge in [0.15, 0.2) is 5.38 Å². The SMILES string of the molecule is C[C@H](NC(=O)c1cccnc1Oc1cccc(-c2ncc[s+]2Cl)c1)c1ccc(C(=O)[O-])cc1. The molecule has 0 radical (unpaired) electrons. The summed E-state index contributed by atoms with van der Waals surface area (Å²) in [5, 5.41) is 16.4. The van der Waals surface area contributed by atoms with E-state index < -0.39 is 15.7 Å². The van der Waals surface area contributed by atoms with Crippen LogP contribution in [0.25, 0.3) is 10.6 Å². The fraction of sp³-hybridized carbons (Fsp3) is 0.0833. The van der Waals surface area contributed by atoms with E-state index in [9.17, 15) is 14.7 Å². The van der Waals surface area contributed by atoms with Crippen LogP contribution in [0.2, 0.25) is 0 Å². The van der Waals surface area contributed by atoms with Gasteiger partial charge in [0, 0.05) is 6.20 Å². The molecule has 0 spiro atoms. The highest BCUT2D eigenvalue weighted by molar-refractivity contribution is 7.62. The molecule has 2 aromatic carbocycles. The van der Waals surface area contributed by atoms with Crippen LogP contribution in [-0.2, 0) is 0 Å². The first kappa shape index (κ1) is 22.4. The third-order valence-electron chi connectivity index (χ3n) is 4.86. The first-order valence-corrected chi connectivity index (χ1v) is 12.0. The Morgan fingerprint density at radius 2 is 1.85 bits per heavy atom. The molecule has 9 heteroatoms. The number of halogens is 1. The van der Waals surface area contributed by atoms with Crippen LogP contribution in [0.5, 0.6) is 11.6 Å². The number of rotatable bonds is 7. The molecular weight excluding hydrogens is 462 g/mol. The van der Waals surface area contributed by atoms with Crippen molar-refractivity contribution in [1.82, 2.24) is 15.3 Å². The minimum Gasteiger partial charge on any atom is -0.545 e. The summed E-state index contributed by atoms with van der Waals surface area (Å²) in [5.74, 6) is -0.979. The van der Waals surface area contributed by atoms with Gasteiger partial charge in [-0.1, -0.05) is 30.3 Å². The number of carbonyl (C=O) groups excluding carboxylic acids is 2. The molecule has 166 valence electrons. The van der Waals surface area contributed by atoms with Crippen LogP contribution in [-0.4, -0.2) is 21.8 Å². The normalized spacial score (nSPS) is 12.1. The molecule has 0 aliphatic heterocycles. The average Bonchev–Trinajstić information content (AvgIpc) is 3.25. The van der Waals surface area contributed by atoms with Crippen molar-refractivity contribution in [1.29, 1.82) is 0 Å². The van der Waals surface area contributed by atoms with Gasteiger partial charge < -0.3 is 20.0 Å². The second-order valence-corrected chi connectivity index (χ2v) is 9.32. The van der Waals surface area contributed by atoms with Crippen molar-refractivity contribution < 1.29 is 19.4 Å². The number of carboxylic acids is 1. The Bertz CT molecular complexity index is 1310. The number of carbonyl (C=O) groups is 2. The zero-order valence-corrected chi connectivity index (χ0v) is 19.0. The third-order valence-corrected chi connectivity index (χ3v) is 6.68. The lowest BCUT2D eigenvalue weighted by Crippen LogP contribution is -2.27. The van der Waals surface area contributed by atoms with Crippen molar-refractivity contribution in [3.05, 3.63) is 95.1 Å². The summed E-state index contributed by atoms with van der Waals surface area (Å²) in [6.07, 6.45) is 3.21. The van der Waals surface area contributed by atoms with Gasteiger partial charge in [0.2, 0.25) is 16.6 Å². The molecule has 7 nitrogen and oxygen atoms in total. The van der Waals surface area contributed by atoms with Gasteiger partial charge in [0.05, 0.1) is 23.8 Å². The van der Waals surface area contributed by atoms with E-state index in [4.69, 9.17) is 15.4 Å². The minimum atomic E-state index is -1.25. The van der Waals surface area contributed by atoms with Crippen molar-refractivity contribution in [3.63, 3.8) is 0 Å². The second-order valence-electron chi connectivity index (χ2n) is 7.09. The summed E-state index contributed by atoms with van der Waals surface area (Å²) < 4.78 is 5.94. The van der Waals surface area contributed by atoms with E-state index in [1.165, 1.54) is 12.1 Å². The molecule has 1 N–H and O–H groups in total. The van der Waals surface area contributed by atoms with E-state index in [2.05, 4.69) is 15.3 Å². The number of amides is 1. The lowest BCUT2D eigenvalue weighted by Gasteiger charge is -2.16. The lowest BCUT2D eigenvalue weighted by molar-refractivity contribution is -0.255. The molecule has 2 aromatic heterocycles. The quantitative estimate of drug-likeness (QED) is 0.390. The summed E-state index contributed by atoms with van der Waals surface area (Å²) >= 11 is 0. The first-order valence-electron chi connectivity index (χ1n) is 9.91. The van der Waals surface area contributed by atoms with Crippen molar-refractivity contribution in [2.24, 2.45) is 0 Å². The van der Waals surface area contributed by atoms with Crippen LogP contribution in [0.4, 0.5) is 0 Å². The Labute approximate surface area is 197 Å². The highest BCUT2D eigenvalue weighted by Crippen LogP contribution is 2.37. The van der Waals surface area contributed by atoms with E-state index in [1.807, 2.05) is 17.5 Å². The van der Waals surface area contributed by atoms with Crippen LogP contribution >= 0.6 is 20.4 Å². The zero-order valence-electron chi connectivity index (χ0n) is 17.4. The molecule has 1 amide bonds. The summed E-state index contributed by atoms with van der Waals surface area (Å²) in [6.45, 7) is 1.80. The molecular formula is C24H18ClN3O4S. The van der Waals surface area contributed by atoms with E-state index in [1.54, 1.807) is 55.7 Å². The molecule has 2 heterocycles. The Hall–Kier alpha value is -3.75. The number of thiazole rings is 1. The van der Waals surface area contributed by atoms with E-state index >= 15 is 0 Å². The molecule has 0 fully saturated rings. The monoisotopic (exact) mass is 479 g/mol. The lowest BCUT2D eigenvalue weighted by atomic mass is 10.1. The Morgan fingerprint density at radius 1 is 1.06 bits per heavy atom. The topological polar surface area (TPSA) is 104 Å². The van der Waals surface area contributed by atoms with Gasteiger partial charge in [-0.25, -0.2) is 4.98 Å². The Kier molecular flexibility index (Phi) is 6.67. The standard InChI is InChI=1S/C24H18ClN3O4S/c1-15(16-7-9-17(10-8-16)24(30)31)28-21(29)20-6-3-11-26-22(20)32-19-5-2-4-18(14-19)23-27-12-13-33(23)25/h2-15H,1H3,(H-,28,29,30,31)/t15-,33?/m0/s1. The maximum atomic E-state index is 13.0. The second kappa shape index (κ2) is 9.81. The maximum absolute atomic E-state index is 13.0. The summed E-state index contributed by atoms with van der Waals surface area (Å²) in [4.78, 5) is 32.4. The predicted octanol–water partition coefficient (Wildman–Crippen LogP) is 4.54. The molecule has 4 aromatic rings. The van der Waals surface area contributed by atoms with E-state index in [0.29, 0.717) is 5.75 Å². The van der Waals surface area contributed by atoms with Gasteiger partial charge in [-0.05, 0) is 48.4 Å². The molecule has 4 rings (SSSR count). The third kappa shape index (κ3) is 5.19. The van der Waals surface area contributed by atoms with Crippen LogP contribution in [0, 0.1) is 0 Å². The number of carboxylic acid groups (broad SMARTS) is 1. The van der Waals surface area contributed by atoms with Crippen LogP contribution < -0.4 is 15.2 Å². The number of nitrogens with one attached hydrogen (secondary N) is 1. The van der Waals surface area contributed by atoms with Crippen LogP contribution in [0.15, 0.2) is 78.4 Å². The fourth-order valence-corrected chi connectivity index (χ4v) is 4.50. The van der Waals surface area contributed by atoms with Gasteiger partial charge in [-0.3, -0.25) is 4.79 Å². The zero-order chi connectivity index (χ0) is 23.4. The average molecular weight is 480 g/mol. The number of ether oxygens (including phenoxy) is 1. The predicted molar refractivity (Wildman–Crippen MR) is 124 cm³/mol. The van der Waals surface area contributed by atoms with Gasteiger partial charge in [-0.2, -0.15) is 4.98 Å². The number of hydrogen-bond acceptors (Lipinski definition) is 6. The molecule has 1 unspecified atom stereocenters. The molecule has 0 aliphatic carbocycles. The van der Waals surface area contributed by atoms with Crippen LogP contribution in [0.1, 0.15) is 39.2 Å². The Morgan fingerprint density at radius 3 is 2.55 bits per heavy atom. The number of aromatic carboxylic acids is 1. The van der Waals surface area contributed by atoms with Gasteiger partial charge in [0.1, 0.15) is 21.0 Å². The maximum Gasteiger partial charge on any atom is 0.293 e. The number of hydrogen-bond donors (Lipinski definition) is 1. The number of pyridine rings is 1. The van der Waals surface area contributed by atoms with Crippen LogP contribution in [0.3, 0.4) is 0 Å². The molecule has 33 heavy (non-hydrogen) atoms. The number of aromatic nitrogens is 2. The van der Waals surface area contributed by atoms with Gasteiger partial charge in [0.25, 0.3) is 10.9 Å². The molecule has 0 aliphatic rings. The summed E-state index contributed by atoms with van der Waals surface area (Å²) in [7, 11) is 5.70. The smallest absolute Gasteiger partial charge is 0.293 e. The number of nitrogens with zero attached hydrogens (tertiary/aromatic N) is 2. The number of benzene rings is 2. The largest absolute Gasteiger partial charge is 0.545 e. The molecule has 0 saturated heterocycles. The fourth-order valence-electron chi connectivity index (χ4n) is 3.17. The minimum absolute atomic E-state index is 0.0721. The Balaban J connectivity index is 1.52. The van der Waals surface area contributed by atoms with E-state index in [0.717, 1.165) is 16.1 Å². The summed E-state index contributed by atoms with van der Waals surface area (Å²) in [5.41, 5.74) is 1.90. The molecule has 0 saturated carbocycles. The summed E-state index contributed by atoms with van der Waals surface area (Å²) in [6, 6.07) is 16.3. The van der Waals surface area contributed by atoms with Crippen molar-refractivity contribution in [3.8, 4) is 22.2 Å². The van der Waals surface area contributed by atoms with Crippen molar-refractivity contribution in [2.45, 2.75) is 13.0 Å². The highest BCUT2D eigenvalue weighted by Gasteiger charge is 2.19.